The molecule has 0 aliphatic rings. The average molecular weight is 367 g/mol. The van der Waals surface area contributed by atoms with Gasteiger partial charge >= 0.3 is 12.1 Å². The van der Waals surface area contributed by atoms with Crippen molar-refractivity contribution in [3.63, 3.8) is 0 Å². The summed E-state index contributed by atoms with van der Waals surface area (Å²) in [6.07, 6.45) is -5.40. The van der Waals surface area contributed by atoms with Crippen molar-refractivity contribution in [2.75, 3.05) is 0 Å². The smallest absolute Gasteiger partial charge is 0.416 e. The monoisotopic (exact) mass is 367 g/mol. The van der Waals surface area contributed by atoms with Gasteiger partial charge in [0.2, 0.25) is 5.91 Å². The van der Waals surface area contributed by atoms with E-state index in [-0.39, 0.29) is 12.0 Å². The first-order valence-corrected chi connectivity index (χ1v) is 7.62. The molecule has 2 aromatic rings. The van der Waals surface area contributed by atoms with Gasteiger partial charge in [0.05, 0.1) is 12.0 Å². The summed E-state index contributed by atoms with van der Waals surface area (Å²) in [5.74, 6) is -2.72. The van der Waals surface area contributed by atoms with E-state index >= 15 is 0 Å². The highest BCUT2D eigenvalue weighted by atomic mass is 19.4. The van der Waals surface area contributed by atoms with Crippen LogP contribution in [0.2, 0.25) is 0 Å². The molecule has 26 heavy (non-hydrogen) atoms. The highest BCUT2D eigenvalue weighted by molar-refractivity contribution is 5.85. The summed E-state index contributed by atoms with van der Waals surface area (Å²) >= 11 is 0. The van der Waals surface area contributed by atoms with Crippen molar-refractivity contribution in [1.29, 1.82) is 0 Å². The first kappa shape index (κ1) is 19.3. The van der Waals surface area contributed by atoms with Crippen molar-refractivity contribution >= 4 is 11.9 Å². The van der Waals surface area contributed by atoms with Crippen LogP contribution in [0.5, 0.6) is 5.75 Å². The molecular formula is C18H16F3NO4. The number of carboxylic acids is 1. The molecule has 0 aliphatic heterocycles. The number of carbonyl (C=O) groups is 2. The summed E-state index contributed by atoms with van der Waals surface area (Å²) in [4.78, 5) is 23.4. The lowest BCUT2D eigenvalue weighted by atomic mass is 10.0. The number of phenols is 1. The molecule has 1 amide bonds. The minimum absolute atomic E-state index is 0.00359. The van der Waals surface area contributed by atoms with Gasteiger partial charge in [0.25, 0.3) is 0 Å². The van der Waals surface area contributed by atoms with Crippen LogP contribution in [0.25, 0.3) is 0 Å². The molecule has 1 atom stereocenters. The molecular weight excluding hydrogens is 351 g/mol. The van der Waals surface area contributed by atoms with Crippen LogP contribution < -0.4 is 5.32 Å². The summed E-state index contributed by atoms with van der Waals surface area (Å²) in [6, 6.07) is 9.83. The normalized spacial score (nSPS) is 12.4. The second-order valence-corrected chi connectivity index (χ2v) is 5.66. The van der Waals surface area contributed by atoms with E-state index in [0.717, 1.165) is 12.1 Å². The molecule has 0 spiro atoms. The van der Waals surface area contributed by atoms with Gasteiger partial charge in [-0.3, -0.25) is 4.79 Å². The molecule has 2 rings (SSSR count). The molecule has 0 fully saturated rings. The number of hydrogen-bond donors (Lipinski definition) is 3. The van der Waals surface area contributed by atoms with Crippen LogP contribution in [0.1, 0.15) is 16.7 Å². The first-order valence-electron chi connectivity index (χ1n) is 7.62. The molecule has 2 aromatic carbocycles. The number of carbonyl (C=O) groups excluding carboxylic acids is 1. The zero-order valence-electron chi connectivity index (χ0n) is 13.5. The summed E-state index contributed by atoms with van der Waals surface area (Å²) in [7, 11) is 0. The lowest BCUT2D eigenvalue weighted by Crippen LogP contribution is -2.43. The number of phenolic OH excluding ortho intramolecular Hbond substituents is 1. The molecule has 0 bridgehead atoms. The van der Waals surface area contributed by atoms with Gasteiger partial charge in [-0.25, -0.2) is 4.79 Å². The zero-order chi connectivity index (χ0) is 19.3. The van der Waals surface area contributed by atoms with Crippen LogP contribution in [0, 0.1) is 0 Å². The van der Waals surface area contributed by atoms with E-state index in [2.05, 4.69) is 5.32 Å². The number of benzene rings is 2. The third-order valence-electron chi connectivity index (χ3n) is 3.67. The van der Waals surface area contributed by atoms with Crippen molar-refractivity contribution in [2.45, 2.75) is 25.1 Å². The molecule has 3 N–H and O–H groups in total. The van der Waals surface area contributed by atoms with Crippen LogP contribution in [0.3, 0.4) is 0 Å². The largest absolute Gasteiger partial charge is 0.508 e. The second-order valence-electron chi connectivity index (χ2n) is 5.66. The summed E-state index contributed by atoms with van der Waals surface area (Å²) in [6.45, 7) is 0. The molecule has 0 heterocycles. The number of hydrogen-bond acceptors (Lipinski definition) is 3. The first-order chi connectivity index (χ1) is 12.2. The minimum Gasteiger partial charge on any atom is -0.508 e. The number of amides is 1. The highest BCUT2D eigenvalue weighted by Gasteiger charge is 2.34. The van der Waals surface area contributed by atoms with Gasteiger partial charge in [0.15, 0.2) is 0 Å². The van der Waals surface area contributed by atoms with Crippen LogP contribution in [0.4, 0.5) is 13.2 Å². The Hall–Kier alpha value is -3.03. The van der Waals surface area contributed by atoms with Crippen LogP contribution in [-0.4, -0.2) is 28.1 Å². The molecule has 138 valence electrons. The fourth-order valence-corrected chi connectivity index (χ4v) is 2.45. The number of aromatic hydroxyl groups is 1. The molecule has 0 saturated carbocycles. The SMILES string of the molecule is O=C(Cc1ccc(O)cc1C(F)(F)F)N[C@@H](Cc1ccccc1)C(=O)O. The third-order valence-corrected chi connectivity index (χ3v) is 3.67. The molecule has 8 heteroatoms. The lowest BCUT2D eigenvalue weighted by molar-refractivity contribution is -0.142. The van der Waals surface area contributed by atoms with Crippen LogP contribution in [0.15, 0.2) is 48.5 Å². The lowest BCUT2D eigenvalue weighted by Gasteiger charge is -2.16. The Morgan fingerprint density at radius 2 is 1.73 bits per heavy atom. The number of nitrogens with one attached hydrogen (secondary N) is 1. The maximum atomic E-state index is 13.0. The summed E-state index contributed by atoms with van der Waals surface area (Å²) in [5, 5.41) is 20.7. The third kappa shape index (κ3) is 5.23. The van der Waals surface area contributed by atoms with Crippen LogP contribution in [-0.2, 0) is 28.6 Å². The minimum atomic E-state index is -4.75. The van der Waals surface area contributed by atoms with Gasteiger partial charge in [-0.05, 0) is 23.3 Å². The summed E-state index contributed by atoms with van der Waals surface area (Å²) in [5.41, 5.74) is -0.819. The molecule has 5 nitrogen and oxygen atoms in total. The van der Waals surface area contributed by atoms with Crippen LogP contribution >= 0.6 is 0 Å². The summed E-state index contributed by atoms with van der Waals surface area (Å²) < 4.78 is 39.1. The number of halogens is 3. The number of aliphatic carboxylic acids is 1. The second kappa shape index (κ2) is 7.90. The van der Waals surface area contributed by atoms with E-state index in [4.69, 9.17) is 0 Å². The van der Waals surface area contributed by atoms with E-state index in [1.165, 1.54) is 0 Å². The maximum Gasteiger partial charge on any atom is 0.416 e. The molecule has 0 aromatic heterocycles. The van der Waals surface area contributed by atoms with Crippen molar-refractivity contribution in [3.8, 4) is 5.75 Å². The highest BCUT2D eigenvalue weighted by Crippen LogP contribution is 2.34. The van der Waals surface area contributed by atoms with Gasteiger partial charge in [-0.1, -0.05) is 36.4 Å². The Kier molecular flexibility index (Phi) is 5.86. The van der Waals surface area contributed by atoms with E-state index in [1.54, 1.807) is 30.3 Å². The Labute approximate surface area is 147 Å². The van der Waals surface area contributed by atoms with Gasteiger partial charge in [0.1, 0.15) is 11.8 Å². The predicted molar refractivity (Wildman–Crippen MR) is 86.5 cm³/mol. The van der Waals surface area contributed by atoms with E-state index in [0.29, 0.717) is 11.6 Å². The van der Waals surface area contributed by atoms with Gasteiger partial charge < -0.3 is 15.5 Å². The average Bonchev–Trinajstić information content (AvgIpc) is 2.56. The Bertz CT molecular complexity index is 791. The number of alkyl halides is 3. The maximum absolute atomic E-state index is 13.0. The van der Waals surface area contributed by atoms with Gasteiger partial charge in [-0.15, -0.1) is 0 Å². The van der Waals surface area contributed by atoms with Crippen molar-refractivity contribution in [3.05, 3.63) is 65.2 Å². The van der Waals surface area contributed by atoms with Crippen molar-refractivity contribution < 1.29 is 33.0 Å². The fraction of sp³-hybridized carbons (Fsp3) is 0.222. The van der Waals surface area contributed by atoms with E-state index < -0.39 is 41.8 Å². The van der Waals surface area contributed by atoms with Gasteiger partial charge in [0, 0.05) is 6.42 Å². The van der Waals surface area contributed by atoms with Crippen molar-refractivity contribution in [1.82, 2.24) is 5.32 Å². The molecule has 0 aliphatic carbocycles. The van der Waals surface area contributed by atoms with Gasteiger partial charge in [-0.2, -0.15) is 13.2 Å². The quantitative estimate of drug-likeness (QED) is 0.733. The molecule has 0 radical (unpaired) electrons. The van der Waals surface area contributed by atoms with E-state index in [9.17, 15) is 33.0 Å². The Morgan fingerprint density at radius 1 is 1.08 bits per heavy atom. The number of rotatable bonds is 6. The molecule has 0 unspecified atom stereocenters. The number of carboxylic acid groups (broad SMARTS) is 1. The van der Waals surface area contributed by atoms with Crippen molar-refractivity contribution in [2.24, 2.45) is 0 Å². The molecule has 0 saturated heterocycles. The van der Waals surface area contributed by atoms with E-state index in [1.807, 2.05) is 0 Å². The zero-order valence-corrected chi connectivity index (χ0v) is 13.5. The standard InChI is InChI=1S/C18H16F3NO4/c19-18(20,21)14-10-13(23)7-6-12(14)9-16(24)22-15(17(25)26)8-11-4-2-1-3-5-11/h1-7,10,15,23H,8-9H2,(H,22,24)(H,25,26)/t15-/m0/s1. The fourth-order valence-electron chi connectivity index (χ4n) is 2.45. The topological polar surface area (TPSA) is 86.6 Å². The predicted octanol–water partition coefficient (Wildman–Crippen LogP) is 2.77. The Balaban J connectivity index is 2.13. The Morgan fingerprint density at radius 3 is 2.31 bits per heavy atom.